The lowest BCUT2D eigenvalue weighted by Gasteiger charge is -2.33. The summed E-state index contributed by atoms with van der Waals surface area (Å²) in [7, 11) is 0. The fourth-order valence-electron chi connectivity index (χ4n) is 3.85. The van der Waals surface area contributed by atoms with Gasteiger partial charge in [-0.3, -0.25) is 14.2 Å². The van der Waals surface area contributed by atoms with Gasteiger partial charge in [-0.25, -0.2) is 9.48 Å². The average Bonchev–Trinajstić information content (AvgIpc) is 3.53. The Morgan fingerprint density at radius 2 is 2.23 bits per heavy atom. The van der Waals surface area contributed by atoms with Crippen LogP contribution in [0.15, 0.2) is 27.8 Å². The highest BCUT2D eigenvalue weighted by molar-refractivity contribution is 5.94. The average molecular weight is 431 g/mol. The van der Waals surface area contributed by atoms with Crippen LogP contribution in [0, 0.1) is 6.92 Å². The van der Waals surface area contributed by atoms with E-state index >= 15 is 0 Å². The molecule has 1 fully saturated rings. The molecular formula is C18H21N7O6. The molecule has 0 aromatic carbocycles. The number of aromatic nitrogens is 6. The second-order valence-electron chi connectivity index (χ2n) is 7.33. The molecule has 13 heteroatoms. The lowest BCUT2D eigenvalue weighted by Crippen LogP contribution is -2.47. The number of fused-ring (bicyclic) bond motifs is 1. The molecular weight excluding hydrogens is 410 g/mol. The number of aromatic amines is 1. The van der Waals surface area contributed by atoms with E-state index in [0.29, 0.717) is 49.2 Å². The van der Waals surface area contributed by atoms with E-state index in [0.717, 1.165) is 0 Å². The summed E-state index contributed by atoms with van der Waals surface area (Å²) in [5.41, 5.74) is -0.191. The van der Waals surface area contributed by atoms with Crippen molar-refractivity contribution in [3.63, 3.8) is 0 Å². The molecule has 31 heavy (non-hydrogen) atoms. The van der Waals surface area contributed by atoms with Crippen LogP contribution in [0.4, 0.5) is 0 Å². The minimum atomic E-state index is -0.570. The van der Waals surface area contributed by atoms with E-state index in [1.807, 2.05) is 0 Å². The zero-order valence-electron chi connectivity index (χ0n) is 16.7. The van der Waals surface area contributed by atoms with Crippen molar-refractivity contribution in [2.75, 3.05) is 13.1 Å². The van der Waals surface area contributed by atoms with Crippen LogP contribution < -0.4 is 5.69 Å². The van der Waals surface area contributed by atoms with E-state index in [2.05, 4.69) is 20.2 Å². The quantitative estimate of drug-likeness (QED) is 0.527. The Morgan fingerprint density at radius 1 is 1.42 bits per heavy atom. The maximum absolute atomic E-state index is 12.8. The Labute approximate surface area is 175 Å². The van der Waals surface area contributed by atoms with Crippen LogP contribution in [0.5, 0.6) is 0 Å². The Bertz CT molecular complexity index is 1130. The van der Waals surface area contributed by atoms with E-state index in [4.69, 9.17) is 19.2 Å². The van der Waals surface area contributed by atoms with E-state index in [9.17, 15) is 9.59 Å². The van der Waals surface area contributed by atoms with Gasteiger partial charge in [-0.15, -0.1) is 0 Å². The van der Waals surface area contributed by atoms with Gasteiger partial charge < -0.3 is 24.3 Å². The highest BCUT2D eigenvalue weighted by Gasteiger charge is 2.45. The predicted octanol–water partition coefficient (Wildman–Crippen LogP) is -0.371. The largest absolute Gasteiger partial charge is 0.483 e. The van der Waals surface area contributed by atoms with Crippen LogP contribution >= 0.6 is 0 Å². The van der Waals surface area contributed by atoms with Gasteiger partial charge in [0, 0.05) is 25.9 Å². The van der Waals surface area contributed by atoms with Crippen molar-refractivity contribution in [1.29, 1.82) is 0 Å². The smallest absolute Gasteiger partial charge is 0.346 e. The Kier molecular flexibility index (Phi) is 5.42. The molecule has 5 heterocycles. The highest BCUT2D eigenvalue weighted by atomic mass is 16.5. The Balaban J connectivity index is 0.000000730. The molecule has 2 aliphatic heterocycles. The minimum Gasteiger partial charge on any atom is -0.483 e. The monoisotopic (exact) mass is 431 g/mol. The van der Waals surface area contributed by atoms with Gasteiger partial charge in [-0.05, 0) is 12.5 Å². The molecule has 0 saturated carbocycles. The number of nitrogens with one attached hydrogen (secondary N) is 1. The lowest BCUT2D eigenvalue weighted by molar-refractivity contribution is -0.122. The van der Waals surface area contributed by atoms with Crippen molar-refractivity contribution in [3.05, 3.63) is 52.0 Å². The van der Waals surface area contributed by atoms with E-state index in [1.54, 1.807) is 34.9 Å². The minimum absolute atomic E-state index is 0.0389. The lowest BCUT2D eigenvalue weighted by atomic mass is 10.0. The van der Waals surface area contributed by atoms with Gasteiger partial charge in [-0.2, -0.15) is 10.1 Å². The Morgan fingerprint density at radius 3 is 2.90 bits per heavy atom. The van der Waals surface area contributed by atoms with Crippen molar-refractivity contribution in [2.24, 2.45) is 0 Å². The number of carbonyl (C=O) groups is 2. The third kappa shape index (κ3) is 3.99. The molecule has 0 radical (unpaired) electrons. The standard InChI is InChI=1S/C17H19N7O4.CH2O2/c1-11-19-13(21-28-11)7-24-16(26)23-10-17(27-8-14(23)20-24)3-5-22(9-17)15(25)12-2-4-18-6-12;2-1-3/h2,4,6,18H,3,5,7-10H2,1H3;1H,(H,2,3). The SMILES string of the molecule is Cc1nc(Cn2nc3n(c2=O)CC2(CCN(C(=O)c4cc[nH]c4)C2)OC3)no1.O=CO. The molecule has 1 atom stereocenters. The van der Waals surface area contributed by atoms with E-state index in [-0.39, 0.29) is 31.2 Å². The molecule has 3 aromatic rings. The van der Waals surface area contributed by atoms with Crippen LogP contribution in [0.3, 0.4) is 0 Å². The summed E-state index contributed by atoms with van der Waals surface area (Å²) in [5, 5.41) is 15.0. The number of hydrogen-bond donors (Lipinski definition) is 2. The van der Waals surface area contributed by atoms with Gasteiger partial charge >= 0.3 is 5.69 Å². The molecule has 1 saturated heterocycles. The first-order chi connectivity index (χ1) is 14.9. The predicted molar refractivity (Wildman–Crippen MR) is 102 cm³/mol. The van der Waals surface area contributed by atoms with Crippen LogP contribution in [-0.2, 0) is 29.2 Å². The molecule has 164 valence electrons. The summed E-state index contributed by atoms with van der Waals surface area (Å²) in [4.78, 5) is 42.5. The zero-order chi connectivity index (χ0) is 22.0. The van der Waals surface area contributed by atoms with Gasteiger partial charge in [0.1, 0.15) is 18.8 Å². The zero-order valence-corrected chi connectivity index (χ0v) is 16.7. The number of carboxylic acid groups (broad SMARTS) is 1. The third-order valence-corrected chi connectivity index (χ3v) is 5.26. The number of rotatable bonds is 3. The van der Waals surface area contributed by atoms with E-state index < -0.39 is 5.60 Å². The molecule has 5 rings (SSSR count). The first-order valence-electron chi connectivity index (χ1n) is 9.54. The highest BCUT2D eigenvalue weighted by Crippen LogP contribution is 2.32. The van der Waals surface area contributed by atoms with Crippen molar-refractivity contribution in [1.82, 2.24) is 34.4 Å². The maximum atomic E-state index is 12.8. The molecule has 2 aliphatic rings. The number of ether oxygens (including phenoxy) is 1. The topological polar surface area (TPSA) is 161 Å². The van der Waals surface area contributed by atoms with Crippen LogP contribution in [0.25, 0.3) is 0 Å². The van der Waals surface area contributed by atoms with Crippen LogP contribution in [0.2, 0.25) is 0 Å². The summed E-state index contributed by atoms with van der Waals surface area (Å²) < 4.78 is 14.0. The molecule has 13 nitrogen and oxygen atoms in total. The molecule has 0 aliphatic carbocycles. The van der Waals surface area contributed by atoms with Gasteiger partial charge in [0.05, 0.1) is 18.7 Å². The van der Waals surface area contributed by atoms with Gasteiger partial charge in [0.15, 0.2) is 11.6 Å². The summed E-state index contributed by atoms with van der Waals surface area (Å²) in [6, 6.07) is 1.75. The van der Waals surface area contributed by atoms with Crippen LogP contribution in [-0.4, -0.2) is 70.5 Å². The number of aryl methyl sites for hydroxylation is 1. The fourth-order valence-corrected chi connectivity index (χ4v) is 3.85. The third-order valence-electron chi connectivity index (χ3n) is 5.26. The molecule has 1 spiro atoms. The summed E-state index contributed by atoms with van der Waals surface area (Å²) in [6.07, 6.45) is 4.08. The second-order valence-corrected chi connectivity index (χ2v) is 7.33. The van der Waals surface area contributed by atoms with Crippen molar-refractivity contribution in [2.45, 2.75) is 38.6 Å². The Hall–Kier alpha value is -3.74. The second kappa shape index (κ2) is 8.18. The summed E-state index contributed by atoms with van der Waals surface area (Å²) in [5.74, 6) is 1.36. The molecule has 3 aromatic heterocycles. The summed E-state index contributed by atoms with van der Waals surface area (Å²) >= 11 is 0. The summed E-state index contributed by atoms with van der Waals surface area (Å²) in [6.45, 7) is 3.20. The van der Waals surface area contributed by atoms with E-state index in [1.165, 1.54) is 4.68 Å². The van der Waals surface area contributed by atoms with Gasteiger partial charge in [-0.1, -0.05) is 5.16 Å². The van der Waals surface area contributed by atoms with Gasteiger partial charge in [0.2, 0.25) is 5.89 Å². The number of hydrogen-bond acceptors (Lipinski definition) is 8. The first kappa shape index (κ1) is 20.5. The first-order valence-corrected chi connectivity index (χ1v) is 9.54. The van der Waals surface area contributed by atoms with Gasteiger partial charge in [0.25, 0.3) is 12.4 Å². The molecule has 1 amide bonds. The number of carbonyl (C=O) groups excluding carboxylic acids is 1. The van der Waals surface area contributed by atoms with Crippen molar-refractivity contribution >= 4 is 12.4 Å². The number of nitrogens with zero attached hydrogens (tertiary/aromatic N) is 6. The van der Waals surface area contributed by atoms with Crippen molar-refractivity contribution in [3.8, 4) is 0 Å². The number of H-pyrrole nitrogens is 1. The molecule has 2 N–H and O–H groups in total. The normalized spacial score (nSPS) is 19.7. The number of amides is 1. The fraction of sp³-hybridized carbons (Fsp3) is 0.444. The number of likely N-dealkylation sites (tertiary alicyclic amines) is 1. The van der Waals surface area contributed by atoms with Crippen LogP contribution in [0.1, 0.15) is 34.3 Å². The maximum Gasteiger partial charge on any atom is 0.346 e. The van der Waals surface area contributed by atoms with Crippen molar-refractivity contribution < 1.29 is 24.0 Å². The molecule has 1 unspecified atom stereocenters. The molecule has 0 bridgehead atoms.